The van der Waals surface area contributed by atoms with E-state index >= 15 is 0 Å². The van der Waals surface area contributed by atoms with Crippen LogP contribution in [0.15, 0.2) is 24.8 Å². The van der Waals surface area contributed by atoms with Gasteiger partial charge in [-0.25, -0.2) is 0 Å². The Labute approximate surface area is 130 Å². The first-order valence-electron chi connectivity index (χ1n) is 7.30. The van der Waals surface area contributed by atoms with E-state index in [1.165, 1.54) is 13.0 Å². The van der Waals surface area contributed by atoms with Crippen LogP contribution in [0.3, 0.4) is 0 Å². The zero-order valence-corrected chi connectivity index (χ0v) is 13.3. The SMILES string of the molecule is C=CCC(=O)[C@H](NC(C)=O)[C@]1(C)N[C@@H](C(=O)O)C[C@H]1/C=C\C. The summed E-state index contributed by atoms with van der Waals surface area (Å²) in [5.41, 5.74) is -0.860. The highest BCUT2D eigenvalue weighted by molar-refractivity contribution is 5.91. The average Bonchev–Trinajstić information content (AvgIpc) is 2.75. The van der Waals surface area contributed by atoms with E-state index in [-0.39, 0.29) is 24.0 Å². The van der Waals surface area contributed by atoms with Crippen molar-refractivity contribution < 1.29 is 19.5 Å². The fourth-order valence-corrected chi connectivity index (χ4v) is 3.04. The predicted octanol–water partition coefficient (Wildman–Crippen LogP) is 1.03. The van der Waals surface area contributed by atoms with Gasteiger partial charge < -0.3 is 10.4 Å². The van der Waals surface area contributed by atoms with Gasteiger partial charge in [-0.2, -0.15) is 0 Å². The van der Waals surface area contributed by atoms with E-state index in [0.717, 1.165) is 0 Å². The second-order valence-electron chi connectivity index (χ2n) is 5.78. The first-order valence-corrected chi connectivity index (χ1v) is 7.30. The highest BCUT2D eigenvalue weighted by Gasteiger charge is 2.51. The second kappa shape index (κ2) is 7.35. The molecule has 1 fully saturated rings. The summed E-state index contributed by atoms with van der Waals surface area (Å²) in [5, 5.41) is 15.0. The summed E-state index contributed by atoms with van der Waals surface area (Å²) >= 11 is 0. The summed E-state index contributed by atoms with van der Waals surface area (Å²) in [4.78, 5) is 35.2. The molecular formula is C16H24N2O4. The minimum Gasteiger partial charge on any atom is -0.480 e. The molecule has 122 valence electrons. The van der Waals surface area contributed by atoms with Crippen LogP contribution in [0.4, 0.5) is 0 Å². The summed E-state index contributed by atoms with van der Waals surface area (Å²) in [7, 11) is 0. The molecule has 0 aromatic heterocycles. The Morgan fingerprint density at radius 3 is 2.59 bits per heavy atom. The fourth-order valence-electron chi connectivity index (χ4n) is 3.04. The molecule has 0 saturated carbocycles. The molecule has 6 nitrogen and oxygen atoms in total. The molecule has 1 aliphatic heterocycles. The van der Waals surface area contributed by atoms with Gasteiger partial charge in [0.2, 0.25) is 5.91 Å². The van der Waals surface area contributed by atoms with Crippen LogP contribution in [0.25, 0.3) is 0 Å². The maximum absolute atomic E-state index is 12.4. The summed E-state index contributed by atoms with van der Waals surface area (Å²) in [6, 6.07) is -1.56. The van der Waals surface area contributed by atoms with Gasteiger partial charge in [-0.05, 0) is 26.2 Å². The fraction of sp³-hybridized carbons (Fsp3) is 0.562. The third kappa shape index (κ3) is 3.82. The Kier molecular flexibility index (Phi) is 6.05. The highest BCUT2D eigenvalue weighted by atomic mass is 16.4. The molecule has 1 saturated heterocycles. The number of Topliss-reactive ketones (excluding diaryl/α,β-unsaturated/α-hetero) is 1. The van der Waals surface area contributed by atoms with Gasteiger partial charge in [0.1, 0.15) is 12.1 Å². The lowest BCUT2D eigenvalue weighted by atomic mass is 9.78. The first-order chi connectivity index (χ1) is 10.3. The molecular weight excluding hydrogens is 284 g/mol. The van der Waals surface area contributed by atoms with E-state index in [1.54, 1.807) is 6.92 Å². The number of hydrogen-bond acceptors (Lipinski definition) is 4. The molecule has 0 bridgehead atoms. The number of carbonyl (C=O) groups is 3. The van der Waals surface area contributed by atoms with Crippen LogP contribution < -0.4 is 10.6 Å². The molecule has 0 unspecified atom stereocenters. The lowest BCUT2D eigenvalue weighted by molar-refractivity contribution is -0.139. The molecule has 0 aromatic carbocycles. The molecule has 0 aliphatic carbocycles. The van der Waals surface area contributed by atoms with Crippen molar-refractivity contribution in [1.82, 2.24) is 10.6 Å². The minimum absolute atomic E-state index is 0.114. The number of carboxylic acids is 1. The van der Waals surface area contributed by atoms with E-state index in [9.17, 15) is 19.5 Å². The molecule has 3 N–H and O–H groups in total. The van der Waals surface area contributed by atoms with Gasteiger partial charge in [0.05, 0.1) is 0 Å². The number of allylic oxidation sites excluding steroid dienone is 2. The Hall–Kier alpha value is -1.95. The summed E-state index contributed by atoms with van der Waals surface area (Å²) in [6.07, 6.45) is 5.68. The summed E-state index contributed by atoms with van der Waals surface area (Å²) in [6.45, 7) is 8.51. The molecule has 0 spiro atoms. The molecule has 0 aromatic rings. The predicted molar refractivity (Wildman–Crippen MR) is 83.3 cm³/mol. The van der Waals surface area contributed by atoms with Gasteiger partial charge in [-0.15, -0.1) is 6.58 Å². The smallest absolute Gasteiger partial charge is 0.320 e. The van der Waals surface area contributed by atoms with Crippen LogP contribution >= 0.6 is 0 Å². The number of amides is 1. The molecule has 4 atom stereocenters. The van der Waals surface area contributed by atoms with E-state index < -0.39 is 23.6 Å². The topological polar surface area (TPSA) is 95.5 Å². The van der Waals surface area contributed by atoms with Gasteiger partial charge in [0.15, 0.2) is 5.78 Å². The van der Waals surface area contributed by atoms with Crippen molar-refractivity contribution in [1.29, 1.82) is 0 Å². The van der Waals surface area contributed by atoms with Gasteiger partial charge in [0, 0.05) is 18.9 Å². The van der Waals surface area contributed by atoms with E-state index in [0.29, 0.717) is 6.42 Å². The molecule has 22 heavy (non-hydrogen) atoms. The Balaban J connectivity index is 3.20. The number of aliphatic carboxylic acids is 1. The van der Waals surface area contributed by atoms with Crippen LogP contribution in [0.5, 0.6) is 0 Å². The molecule has 1 amide bonds. The Morgan fingerprint density at radius 2 is 2.14 bits per heavy atom. The monoisotopic (exact) mass is 308 g/mol. The van der Waals surface area contributed by atoms with Crippen molar-refractivity contribution in [2.45, 2.75) is 51.2 Å². The first kappa shape index (κ1) is 18.1. The van der Waals surface area contributed by atoms with Crippen molar-refractivity contribution in [2.24, 2.45) is 5.92 Å². The maximum atomic E-state index is 12.4. The van der Waals surface area contributed by atoms with Crippen molar-refractivity contribution >= 4 is 17.7 Å². The normalized spacial score (nSPS) is 29.2. The van der Waals surface area contributed by atoms with Crippen LogP contribution in [0, 0.1) is 5.92 Å². The Bertz CT molecular complexity index is 500. The third-order valence-corrected chi connectivity index (χ3v) is 4.08. The number of rotatable bonds is 7. The molecule has 1 aliphatic rings. The van der Waals surface area contributed by atoms with Crippen LogP contribution in [-0.4, -0.2) is 40.4 Å². The Morgan fingerprint density at radius 1 is 1.50 bits per heavy atom. The standard InChI is InChI=1S/C16H24N2O4/c1-5-7-11-9-12(15(21)22)18-16(11,4)14(17-10(3)19)13(20)8-6-2/h5-7,11-12,14,18H,2,8-9H2,1,3-4H3,(H,17,19)(H,21,22)/b7-5-/t11-,12-,14+,16-/m1/s1. The number of nitrogens with one attached hydrogen (secondary N) is 2. The molecule has 0 radical (unpaired) electrons. The minimum atomic E-state index is -0.962. The molecule has 1 heterocycles. The van der Waals surface area contributed by atoms with Gasteiger partial charge in [-0.1, -0.05) is 18.2 Å². The quantitative estimate of drug-likeness (QED) is 0.611. The van der Waals surface area contributed by atoms with Gasteiger partial charge in [0.25, 0.3) is 0 Å². The number of carbonyl (C=O) groups excluding carboxylic acids is 2. The lowest BCUT2D eigenvalue weighted by Gasteiger charge is -2.38. The van der Waals surface area contributed by atoms with Crippen molar-refractivity contribution in [3.63, 3.8) is 0 Å². The maximum Gasteiger partial charge on any atom is 0.320 e. The zero-order chi connectivity index (χ0) is 16.9. The lowest BCUT2D eigenvalue weighted by Crippen LogP contribution is -2.63. The van der Waals surface area contributed by atoms with Crippen LogP contribution in [0.2, 0.25) is 0 Å². The number of ketones is 1. The summed E-state index contributed by atoms with van der Waals surface area (Å²) < 4.78 is 0. The third-order valence-electron chi connectivity index (χ3n) is 4.08. The van der Waals surface area contributed by atoms with Crippen molar-refractivity contribution in [2.75, 3.05) is 0 Å². The van der Waals surface area contributed by atoms with Crippen LogP contribution in [-0.2, 0) is 14.4 Å². The van der Waals surface area contributed by atoms with E-state index in [2.05, 4.69) is 17.2 Å². The van der Waals surface area contributed by atoms with Gasteiger partial charge >= 0.3 is 5.97 Å². The zero-order valence-electron chi connectivity index (χ0n) is 13.3. The van der Waals surface area contributed by atoms with Gasteiger partial charge in [-0.3, -0.25) is 19.7 Å². The highest BCUT2D eigenvalue weighted by Crippen LogP contribution is 2.35. The van der Waals surface area contributed by atoms with E-state index in [4.69, 9.17) is 0 Å². The largest absolute Gasteiger partial charge is 0.480 e. The number of carboxylic acid groups (broad SMARTS) is 1. The van der Waals surface area contributed by atoms with Crippen LogP contribution in [0.1, 0.15) is 33.6 Å². The van der Waals surface area contributed by atoms with Crippen molar-refractivity contribution in [3.05, 3.63) is 24.8 Å². The average molecular weight is 308 g/mol. The molecule has 6 heteroatoms. The number of hydrogen-bond donors (Lipinski definition) is 3. The van der Waals surface area contributed by atoms with Crippen molar-refractivity contribution in [3.8, 4) is 0 Å². The molecule has 1 rings (SSSR count). The summed E-state index contributed by atoms with van der Waals surface area (Å²) in [5.74, 6) is -1.66. The second-order valence-corrected chi connectivity index (χ2v) is 5.78. The van der Waals surface area contributed by atoms with E-state index in [1.807, 2.05) is 19.1 Å².